The first-order valence-electron chi connectivity index (χ1n) is 8.87. The third kappa shape index (κ3) is 3.40. The van der Waals surface area contributed by atoms with E-state index in [0.29, 0.717) is 12.0 Å². The second-order valence-electron chi connectivity index (χ2n) is 6.89. The summed E-state index contributed by atoms with van der Waals surface area (Å²) in [6, 6.07) is 19.4. The molecule has 4 rings (SSSR count). The van der Waals surface area contributed by atoms with Crippen molar-refractivity contribution in [2.75, 3.05) is 0 Å². The van der Waals surface area contributed by atoms with Gasteiger partial charge in [-0.1, -0.05) is 55.3 Å². The van der Waals surface area contributed by atoms with Gasteiger partial charge < -0.3 is 4.74 Å². The van der Waals surface area contributed by atoms with Crippen LogP contribution in [0.3, 0.4) is 0 Å². The Kier molecular flexibility index (Phi) is 4.93. The van der Waals surface area contributed by atoms with Gasteiger partial charge in [-0.05, 0) is 37.5 Å². The van der Waals surface area contributed by atoms with Crippen LogP contribution in [-0.2, 0) is 11.3 Å². The largest absolute Gasteiger partial charge is 0.373 e. The lowest BCUT2D eigenvalue weighted by molar-refractivity contribution is -0.0231. The van der Waals surface area contributed by atoms with Crippen molar-refractivity contribution in [2.24, 2.45) is 5.92 Å². The van der Waals surface area contributed by atoms with E-state index >= 15 is 0 Å². The van der Waals surface area contributed by atoms with Gasteiger partial charge in [-0.15, -0.1) is 23.5 Å². The number of ether oxygens (including phenoxy) is 1. The Morgan fingerprint density at radius 1 is 0.917 bits per heavy atom. The molecule has 2 aromatic rings. The highest BCUT2D eigenvalue weighted by molar-refractivity contribution is 8.20. The summed E-state index contributed by atoms with van der Waals surface area (Å²) < 4.78 is 6.63. The van der Waals surface area contributed by atoms with Gasteiger partial charge in [0.2, 0.25) is 0 Å². The van der Waals surface area contributed by atoms with Gasteiger partial charge >= 0.3 is 0 Å². The van der Waals surface area contributed by atoms with Crippen LogP contribution in [0.5, 0.6) is 0 Å². The molecule has 2 aliphatic rings. The fraction of sp³-hybridized carbons (Fsp3) is 0.429. The minimum Gasteiger partial charge on any atom is -0.373 e. The Hall–Kier alpha value is -0.900. The minimum absolute atomic E-state index is 0.200. The van der Waals surface area contributed by atoms with Crippen LogP contribution in [0.25, 0.3) is 0 Å². The Balaban J connectivity index is 1.48. The lowest BCUT2D eigenvalue weighted by atomic mass is 9.84. The van der Waals surface area contributed by atoms with Crippen molar-refractivity contribution >= 4 is 23.5 Å². The Morgan fingerprint density at radius 3 is 2.25 bits per heavy atom. The third-order valence-corrected chi connectivity index (χ3v) is 8.35. The molecule has 0 bridgehead atoms. The molecule has 2 atom stereocenters. The first-order valence-corrected chi connectivity index (χ1v) is 10.5. The van der Waals surface area contributed by atoms with Crippen molar-refractivity contribution < 1.29 is 4.74 Å². The third-order valence-electron chi connectivity index (χ3n) is 5.16. The van der Waals surface area contributed by atoms with Crippen molar-refractivity contribution in [2.45, 2.75) is 59.2 Å². The molecule has 1 fully saturated rings. The molecular formula is C21H24OS2. The molecule has 0 spiro atoms. The summed E-state index contributed by atoms with van der Waals surface area (Å²) in [6.45, 7) is 3.16. The summed E-state index contributed by atoms with van der Waals surface area (Å²) in [5.41, 5.74) is 1.28. The van der Waals surface area contributed by atoms with E-state index in [2.05, 4.69) is 85.0 Å². The van der Waals surface area contributed by atoms with Crippen LogP contribution in [0.4, 0.5) is 0 Å². The summed E-state index contributed by atoms with van der Waals surface area (Å²) in [7, 11) is 0. The quantitative estimate of drug-likeness (QED) is 0.629. The maximum absolute atomic E-state index is 6.43. The number of hydrogen-bond donors (Lipinski definition) is 0. The van der Waals surface area contributed by atoms with E-state index < -0.39 is 0 Å². The fourth-order valence-electron chi connectivity index (χ4n) is 3.90. The molecule has 1 heterocycles. The lowest BCUT2D eigenvalue weighted by Gasteiger charge is -2.40. The van der Waals surface area contributed by atoms with Gasteiger partial charge in [0.1, 0.15) is 0 Å². The van der Waals surface area contributed by atoms with Crippen LogP contribution in [-0.4, -0.2) is 10.2 Å². The van der Waals surface area contributed by atoms with E-state index in [1.165, 1.54) is 41.0 Å². The molecular weight excluding hydrogens is 332 g/mol. The van der Waals surface area contributed by atoms with Crippen LogP contribution >= 0.6 is 23.5 Å². The van der Waals surface area contributed by atoms with Gasteiger partial charge in [0.05, 0.1) is 16.8 Å². The maximum atomic E-state index is 6.43. The zero-order valence-corrected chi connectivity index (χ0v) is 15.7. The molecule has 0 saturated heterocycles. The topological polar surface area (TPSA) is 9.23 Å². The first-order chi connectivity index (χ1) is 11.7. The highest BCUT2D eigenvalue weighted by Gasteiger charge is 2.46. The predicted octanol–water partition coefficient (Wildman–Crippen LogP) is 6.38. The monoisotopic (exact) mass is 356 g/mol. The highest BCUT2D eigenvalue weighted by Crippen LogP contribution is 2.61. The molecule has 3 heteroatoms. The molecule has 1 saturated carbocycles. The van der Waals surface area contributed by atoms with Crippen molar-refractivity contribution in [3.05, 3.63) is 60.2 Å². The lowest BCUT2D eigenvalue weighted by Crippen LogP contribution is -2.39. The van der Waals surface area contributed by atoms with Gasteiger partial charge in [0, 0.05) is 15.7 Å². The van der Waals surface area contributed by atoms with Gasteiger partial charge in [-0.3, -0.25) is 0 Å². The van der Waals surface area contributed by atoms with E-state index in [0.717, 1.165) is 6.61 Å². The van der Waals surface area contributed by atoms with E-state index in [-0.39, 0.29) is 4.08 Å². The van der Waals surface area contributed by atoms with Gasteiger partial charge in [0.15, 0.2) is 0 Å². The molecule has 24 heavy (non-hydrogen) atoms. The molecule has 0 N–H and O–H groups in total. The maximum Gasteiger partial charge on any atom is 0.0730 e. The number of rotatable bonds is 4. The van der Waals surface area contributed by atoms with Crippen LogP contribution in [0.2, 0.25) is 0 Å². The molecule has 0 aromatic heterocycles. The smallest absolute Gasteiger partial charge is 0.0730 e. The summed E-state index contributed by atoms with van der Waals surface area (Å²) >= 11 is 4.11. The molecule has 0 radical (unpaired) electrons. The summed E-state index contributed by atoms with van der Waals surface area (Å²) in [5.74, 6) is 0.609. The molecule has 1 aliphatic heterocycles. The van der Waals surface area contributed by atoms with E-state index in [1.54, 1.807) is 0 Å². The van der Waals surface area contributed by atoms with E-state index in [9.17, 15) is 0 Å². The van der Waals surface area contributed by atoms with Crippen LogP contribution in [0, 0.1) is 5.92 Å². The number of thioether (sulfide) groups is 2. The molecule has 0 amide bonds. The van der Waals surface area contributed by atoms with Gasteiger partial charge in [0.25, 0.3) is 0 Å². The molecule has 126 valence electrons. The van der Waals surface area contributed by atoms with Crippen molar-refractivity contribution in [1.29, 1.82) is 0 Å². The summed E-state index contributed by atoms with van der Waals surface area (Å²) in [6.07, 6.45) is 5.49. The highest BCUT2D eigenvalue weighted by atomic mass is 32.2. The van der Waals surface area contributed by atoms with Gasteiger partial charge in [-0.25, -0.2) is 0 Å². The zero-order chi connectivity index (χ0) is 16.4. The SMILES string of the molecule is CC1([C@H]2CCCC[C@H]2OCc2ccccc2)Sc2ccccc2S1. The standard InChI is InChI=1S/C21H24OS2/c1-21(23-19-13-7-8-14-20(19)24-21)17-11-5-6-12-18(17)22-15-16-9-3-2-4-10-16/h2-4,7-10,13-14,17-18H,5-6,11-12,15H2,1H3/t17-,18+/m0/s1. The molecule has 0 unspecified atom stereocenters. The van der Waals surface area contributed by atoms with Crippen molar-refractivity contribution in [1.82, 2.24) is 0 Å². The average Bonchev–Trinajstić information content (AvgIpc) is 2.98. The van der Waals surface area contributed by atoms with Crippen molar-refractivity contribution in [3.63, 3.8) is 0 Å². The van der Waals surface area contributed by atoms with Crippen LogP contribution in [0.1, 0.15) is 38.2 Å². The van der Waals surface area contributed by atoms with E-state index in [1.807, 2.05) is 0 Å². The Bertz CT molecular complexity index is 660. The predicted molar refractivity (Wildman–Crippen MR) is 104 cm³/mol. The van der Waals surface area contributed by atoms with Gasteiger partial charge in [-0.2, -0.15) is 0 Å². The number of benzene rings is 2. The van der Waals surface area contributed by atoms with Crippen molar-refractivity contribution in [3.8, 4) is 0 Å². The zero-order valence-electron chi connectivity index (χ0n) is 14.1. The fourth-order valence-corrected chi connectivity index (χ4v) is 7.20. The Labute approximate surface area is 153 Å². The summed E-state index contributed by atoms with van der Waals surface area (Å²) in [4.78, 5) is 2.88. The molecule has 2 aromatic carbocycles. The van der Waals surface area contributed by atoms with E-state index in [4.69, 9.17) is 4.74 Å². The first kappa shape index (κ1) is 16.6. The average molecular weight is 357 g/mol. The second-order valence-corrected chi connectivity index (χ2v) is 10.1. The number of hydrogen-bond acceptors (Lipinski definition) is 3. The summed E-state index contributed by atoms with van der Waals surface area (Å²) in [5, 5.41) is 0. The minimum atomic E-state index is 0.200. The van der Waals surface area contributed by atoms with Crippen LogP contribution in [0.15, 0.2) is 64.4 Å². The number of fused-ring (bicyclic) bond motifs is 1. The Morgan fingerprint density at radius 2 is 1.54 bits per heavy atom. The second kappa shape index (κ2) is 7.15. The normalized spacial score (nSPS) is 25.4. The molecule has 1 nitrogen and oxygen atoms in total. The molecule has 1 aliphatic carbocycles. The van der Waals surface area contributed by atoms with Crippen LogP contribution < -0.4 is 0 Å².